The van der Waals surface area contributed by atoms with Gasteiger partial charge in [-0.3, -0.25) is 4.99 Å². The van der Waals surface area contributed by atoms with Crippen molar-refractivity contribution in [2.45, 2.75) is 46.5 Å². The molecule has 1 nitrogen and oxygen atoms in total. The minimum Gasteiger partial charge on any atom is -0.265 e. The second-order valence-electron chi connectivity index (χ2n) is 6.14. The number of nitrogens with zero attached hydrogens (tertiary/aromatic N) is 1. The molecule has 0 aromatic heterocycles. The van der Waals surface area contributed by atoms with Crippen LogP contribution in [0.15, 0.2) is 53.2 Å². The fourth-order valence-electron chi connectivity index (χ4n) is 2.72. The van der Waals surface area contributed by atoms with Gasteiger partial charge in [0.25, 0.3) is 0 Å². The molecule has 2 atom stereocenters. The molecule has 1 heteroatoms. The van der Waals surface area contributed by atoms with Crippen LogP contribution in [-0.4, -0.2) is 6.21 Å². The van der Waals surface area contributed by atoms with Crippen molar-refractivity contribution in [3.8, 4) is 0 Å². The van der Waals surface area contributed by atoms with Crippen LogP contribution in [0.25, 0.3) is 5.57 Å². The average Bonchev–Trinajstić information content (AvgIpc) is 2.53. The van der Waals surface area contributed by atoms with E-state index >= 15 is 0 Å². The van der Waals surface area contributed by atoms with Gasteiger partial charge < -0.3 is 0 Å². The topological polar surface area (TPSA) is 12.4 Å². The second-order valence-corrected chi connectivity index (χ2v) is 6.14. The van der Waals surface area contributed by atoms with Crippen LogP contribution >= 0.6 is 0 Å². The van der Waals surface area contributed by atoms with Crippen molar-refractivity contribution in [2.24, 2.45) is 16.8 Å². The van der Waals surface area contributed by atoms with E-state index in [2.05, 4.69) is 69.5 Å². The zero-order chi connectivity index (χ0) is 15.1. The molecule has 0 aliphatic carbocycles. The highest BCUT2D eigenvalue weighted by molar-refractivity contribution is 5.75. The van der Waals surface area contributed by atoms with Crippen molar-refractivity contribution < 1.29 is 0 Å². The number of hydrogen-bond acceptors (Lipinski definition) is 1. The van der Waals surface area contributed by atoms with E-state index in [0.717, 1.165) is 6.42 Å². The zero-order valence-corrected chi connectivity index (χ0v) is 13.5. The maximum absolute atomic E-state index is 4.72. The molecule has 1 aromatic carbocycles. The lowest BCUT2D eigenvalue weighted by atomic mass is 9.95. The Balaban J connectivity index is 2.40. The Morgan fingerprint density at radius 3 is 2.48 bits per heavy atom. The summed E-state index contributed by atoms with van der Waals surface area (Å²) < 4.78 is 0. The van der Waals surface area contributed by atoms with Gasteiger partial charge in [0.2, 0.25) is 0 Å². The van der Waals surface area contributed by atoms with Gasteiger partial charge in [-0.2, -0.15) is 0 Å². The molecule has 1 aliphatic rings. The summed E-state index contributed by atoms with van der Waals surface area (Å²) in [6.45, 7) is 6.77. The standard InChI is InChI=1S/C20H27N/c1-4-20-14-19(18-11-6-5-7-12-18)13-16(2)9-8-10-17(3)15-21-20/h5-7,11-17H,4,8-10H2,1-3H3/b19-13-,20-14?,21-15?. The third-order valence-electron chi connectivity index (χ3n) is 4.07. The Labute approximate surface area is 129 Å². The highest BCUT2D eigenvalue weighted by atomic mass is 14.7. The van der Waals surface area contributed by atoms with Crippen molar-refractivity contribution in [1.82, 2.24) is 0 Å². The lowest BCUT2D eigenvalue weighted by Crippen LogP contribution is -1.98. The number of allylic oxidation sites excluding steroid dienone is 4. The Hall–Kier alpha value is -1.63. The van der Waals surface area contributed by atoms with Gasteiger partial charge in [0, 0.05) is 11.9 Å². The first-order valence-electron chi connectivity index (χ1n) is 8.21. The Bertz CT molecular complexity index is 522. The van der Waals surface area contributed by atoms with Crippen LogP contribution in [0.2, 0.25) is 0 Å². The van der Waals surface area contributed by atoms with Gasteiger partial charge in [0.1, 0.15) is 0 Å². The third kappa shape index (κ3) is 5.00. The molecule has 0 saturated heterocycles. The molecule has 0 N–H and O–H groups in total. The molecule has 0 saturated carbocycles. The van der Waals surface area contributed by atoms with Crippen LogP contribution in [0.5, 0.6) is 0 Å². The smallest absolute Gasteiger partial charge is 0.0403 e. The number of rotatable bonds is 2. The summed E-state index contributed by atoms with van der Waals surface area (Å²) >= 11 is 0. The minimum absolute atomic E-state index is 0.574. The lowest BCUT2D eigenvalue weighted by molar-refractivity contribution is 0.548. The highest BCUT2D eigenvalue weighted by Gasteiger charge is 2.07. The van der Waals surface area contributed by atoms with E-state index in [-0.39, 0.29) is 0 Å². The summed E-state index contributed by atoms with van der Waals surface area (Å²) in [5, 5.41) is 0. The van der Waals surface area contributed by atoms with Crippen molar-refractivity contribution in [2.75, 3.05) is 0 Å². The maximum atomic E-state index is 4.72. The van der Waals surface area contributed by atoms with Crippen molar-refractivity contribution >= 4 is 11.8 Å². The molecule has 112 valence electrons. The fraction of sp³-hybridized carbons (Fsp3) is 0.450. The molecule has 1 heterocycles. The summed E-state index contributed by atoms with van der Waals surface area (Å²) in [5.74, 6) is 1.19. The first-order chi connectivity index (χ1) is 10.2. The van der Waals surface area contributed by atoms with E-state index in [1.54, 1.807) is 0 Å². The van der Waals surface area contributed by atoms with Crippen LogP contribution in [0, 0.1) is 11.8 Å². The average molecular weight is 281 g/mol. The molecule has 1 aliphatic heterocycles. The summed E-state index contributed by atoms with van der Waals surface area (Å²) in [6.07, 6.45) is 11.5. The number of benzene rings is 1. The molecule has 0 radical (unpaired) electrons. The summed E-state index contributed by atoms with van der Waals surface area (Å²) in [6, 6.07) is 10.7. The van der Waals surface area contributed by atoms with Crippen LogP contribution < -0.4 is 0 Å². The van der Waals surface area contributed by atoms with E-state index < -0.39 is 0 Å². The molecule has 1 aromatic rings. The number of hydrogen-bond donors (Lipinski definition) is 0. The molecule has 21 heavy (non-hydrogen) atoms. The van der Waals surface area contributed by atoms with Gasteiger partial charge in [-0.05, 0) is 48.3 Å². The van der Waals surface area contributed by atoms with Gasteiger partial charge in [-0.25, -0.2) is 0 Å². The van der Waals surface area contributed by atoms with Gasteiger partial charge >= 0.3 is 0 Å². The predicted octanol–water partition coefficient (Wildman–Crippen LogP) is 5.89. The maximum Gasteiger partial charge on any atom is 0.0403 e. The molecular formula is C20H27N. The molecule has 0 amide bonds. The minimum atomic E-state index is 0.574. The second kappa shape index (κ2) is 7.97. The summed E-state index contributed by atoms with van der Waals surface area (Å²) in [4.78, 5) is 4.72. The molecule has 0 fully saturated rings. The Morgan fingerprint density at radius 2 is 1.76 bits per heavy atom. The van der Waals surface area contributed by atoms with Gasteiger partial charge in [-0.15, -0.1) is 0 Å². The largest absolute Gasteiger partial charge is 0.265 e. The summed E-state index contributed by atoms with van der Waals surface area (Å²) in [5.41, 5.74) is 3.77. The fourth-order valence-corrected chi connectivity index (χ4v) is 2.72. The lowest BCUT2D eigenvalue weighted by Gasteiger charge is -2.10. The van der Waals surface area contributed by atoms with Gasteiger partial charge in [0.05, 0.1) is 0 Å². The SMILES string of the molecule is CCC1=C/C(c2ccccc2)=C/C(C)CCCC(C)C=N1. The summed E-state index contributed by atoms with van der Waals surface area (Å²) in [7, 11) is 0. The van der Waals surface area contributed by atoms with Crippen molar-refractivity contribution in [3.63, 3.8) is 0 Å². The molecule has 2 rings (SSSR count). The third-order valence-corrected chi connectivity index (χ3v) is 4.07. The molecular weight excluding hydrogens is 254 g/mol. The van der Waals surface area contributed by atoms with Gasteiger partial charge in [-0.1, -0.05) is 63.6 Å². The monoisotopic (exact) mass is 281 g/mol. The highest BCUT2D eigenvalue weighted by Crippen LogP contribution is 2.24. The molecule has 2 unspecified atom stereocenters. The van der Waals surface area contributed by atoms with E-state index in [0.29, 0.717) is 11.8 Å². The first kappa shape index (κ1) is 15.8. The predicted molar refractivity (Wildman–Crippen MR) is 93.5 cm³/mol. The van der Waals surface area contributed by atoms with Crippen LogP contribution in [0.1, 0.15) is 52.0 Å². The van der Waals surface area contributed by atoms with E-state index in [1.807, 2.05) is 0 Å². The molecule has 0 spiro atoms. The molecule has 0 bridgehead atoms. The zero-order valence-electron chi connectivity index (χ0n) is 13.5. The van der Waals surface area contributed by atoms with Crippen molar-refractivity contribution in [1.29, 1.82) is 0 Å². The van der Waals surface area contributed by atoms with E-state index in [9.17, 15) is 0 Å². The number of aliphatic imine (C=N–C) groups is 1. The quantitative estimate of drug-likeness (QED) is 0.641. The first-order valence-corrected chi connectivity index (χ1v) is 8.21. The Morgan fingerprint density at radius 1 is 1.05 bits per heavy atom. The van der Waals surface area contributed by atoms with Crippen molar-refractivity contribution in [3.05, 3.63) is 53.7 Å². The van der Waals surface area contributed by atoms with Gasteiger partial charge in [0.15, 0.2) is 0 Å². The normalized spacial score (nSPS) is 26.4. The van der Waals surface area contributed by atoms with E-state index in [1.165, 1.54) is 36.1 Å². The Kier molecular flexibility index (Phi) is 5.98. The van der Waals surface area contributed by atoms with E-state index in [4.69, 9.17) is 4.99 Å². The van der Waals surface area contributed by atoms with Crippen LogP contribution in [0.3, 0.4) is 0 Å². The van der Waals surface area contributed by atoms with Crippen LogP contribution in [0.4, 0.5) is 0 Å². The van der Waals surface area contributed by atoms with Crippen LogP contribution in [-0.2, 0) is 0 Å².